The predicted molar refractivity (Wildman–Crippen MR) is 132 cm³/mol. The van der Waals surface area contributed by atoms with Gasteiger partial charge in [-0.3, -0.25) is 9.48 Å². The average Bonchev–Trinajstić information content (AvgIpc) is 3.33. The molecular weight excluding hydrogens is 475 g/mol. The summed E-state index contributed by atoms with van der Waals surface area (Å²) in [6, 6.07) is 13.1. The molecule has 9 heteroatoms. The fraction of sp³-hybridized carbons (Fsp3) is 0.240. The summed E-state index contributed by atoms with van der Waals surface area (Å²) in [5, 5.41) is 12.2. The maximum absolute atomic E-state index is 13.0. The standard InChI is InChI=1S/C25H24Cl2N4O3/c1-14-6-5-7-22(16(14)3)33-13-19-17(4)34-30-24(19)25(32)28-23-10-15(2)31(29-23)12-18-8-9-20(26)21(27)11-18/h5-11H,12-13H2,1-4H3,(H,28,29,32). The number of ether oxygens (including phenoxy) is 1. The van der Waals surface area contributed by atoms with E-state index in [9.17, 15) is 4.79 Å². The van der Waals surface area contributed by atoms with Crippen molar-refractivity contribution in [3.05, 3.63) is 91.9 Å². The summed E-state index contributed by atoms with van der Waals surface area (Å²) in [4.78, 5) is 13.0. The molecule has 7 nitrogen and oxygen atoms in total. The van der Waals surface area contributed by atoms with Gasteiger partial charge in [-0.2, -0.15) is 5.10 Å². The normalized spacial score (nSPS) is 11.0. The zero-order chi connectivity index (χ0) is 24.4. The largest absolute Gasteiger partial charge is 0.488 e. The summed E-state index contributed by atoms with van der Waals surface area (Å²) in [6.45, 7) is 8.32. The van der Waals surface area contributed by atoms with Gasteiger partial charge < -0.3 is 14.6 Å². The number of benzene rings is 2. The molecule has 0 unspecified atom stereocenters. The van der Waals surface area contributed by atoms with Crippen molar-refractivity contribution in [2.45, 2.75) is 40.8 Å². The van der Waals surface area contributed by atoms with Gasteiger partial charge in [-0.1, -0.05) is 46.6 Å². The minimum absolute atomic E-state index is 0.160. The Morgan fingerprint density at radius 2 is 1.88 bits per heavy atom. The molecule has 0 aliphatic rings. The zero-order valence-electron chi connectivity index (χ0n) is 19.3. The van der Waals surface area contributed by atoms with Gasteiger partial charge in [0, 0.05) is 11.8 Å². The smallest absolute Gasteiger partial charge is 0.279 e. The number of aromatic nitrogens is 3. The van der Waals surface area contributed by atoms with Crippen molar-refractivity contribution < 1.29 is 14.1 Å². The summed E-state index contributed by atoms with van der Waals surface area (Å²) < 4.78 is 13.0. The van der Waals surface area contributed by atoms with E-state index < -0.39 is 5.91 Å². The molecule has 2 aromatic heterocycles. The number of halogens is 2. The predicted octanol–water partition coefficient (Wildman–Crippen LogP) is 6.29. The number of carbonyl (C=O) groups is 1. The van der Waals surface area contributed by atoms with Crippen molar-refractivity contribution in [3.63, 3.8) is 0 Å². The first kappa shape index (κ1) is 23.9. The van der Waals surface area contributed by atoms with Gasteiger partial charge in [0.15, 0.2) is 11.5 Å². The number of anilines is 1. The lowest BCUT2D eigenvalue weighted by Crippen LogP contribution is -2.16. The van der Waals surface area contributed by atoms with Gasteiger partial charge in [0.2, 0.25) is 0 Å². The van der Waals surface area contributed by atoms with Crippen LogP contribution in [-0.2, 0) is 13.2 Å². The zero-order valence-corrected chi connectivity index (χ0v) is 20.8. The van der Waals surface area contributed by atoms with Crippen LogP contribution in [0.1, 0.15) is 44.2 Å². The van der Waals surface area contributed by atoms with Gasteiger partial charge in [0.05, 0.1) is 22.2 Å². The SMILES string of the molecule is Cc1cccc(OCc2c(C(=O)Nc3cc(C)n(Cc4ccc(Cl)c(Cl)c4)n3)noc2C)c1C. The first-order chi connectivity index (χ1) is 16.2. The van der Waals surface area contributed by atoms with E-state index in [0.29, 0.717) is 33.7 Å². The number of amides is 1. The third kappa shape index (κ3) is 5.11. The molecule has 2 heterocycles. The minimum atomic E-state index is -0.421. The molecule has 0 fully saturated rings. The van der Waals surface area contributed by atoms with Gasteiger partial charge in [-0.25, -0.2) is 0 Å². The summed E-state index contributed by atoms with van der Waals surface area (Å²) >= 11 is 12.1. The van der Waals surface area contributed by atoms with E-state index >= 15 is 0 Å². The Kier molecular flexibility index (Phi) is 6.95. The van der Waals surface area contributed by atoms with Crippen LogP contribution in [0.3, 0.4) is 0 Å². The molecule has 1 N–H and O–H groups in total. The van der Waals surface area contributed by atoms with Gasteiger partial charge in [-0.15, -0.1) is 0 Å². The van der Waals surface area contributed by atoms with Crippen LogP contribution in [0.15, 0.2) is 47.0 Å². The van der Waals surface area contributed by atoms with Gasteiger partial charge in [0.25, 0.3) is 5.91 Å². The highest BCUT2D eigenvalue weighted by Crippen LogP contribution is 2.25. The molecule has 176 valence electrons. The number of rotatable bonds is 7. The lowest BCUT2D eigenvalue weighted by Gasteiger charge is -2.11. The fourth-order valence-electron chi connectivity index (χ4n) is 3.49. The summed E-state index contributed by atoms with van der Waals surface area (Å²) in [7, 11) is 0. The molecule has 4 rings (SSSR count). The van der Waals surface area contributed by atoms with Crippen LogP contribution in [-0.4, -0.2) is 20.8 Å². The van der Waals surface area contributed by atoms with Crippen LogP contribution >= 0.6 is 23.2 Å². The molecule has 0 saturated carbocycles. The molecule has 1 amide bonds. The van der Waals surface area contributed by atoms with E-state index in [1.54, 1.807) is 29.8 Å². The highest BCUT2D eigenvalue weighted by Gasteiger charge is 2.22. The number of hydrogen-bond donors (Lipinski definition) is 1. The second-order valence-electron chi connectivity index (χ2n) is 8.08. The summed E-state index contributed by atoms with van der Waals surface area (Å²) in [5.41, 5.74) is 4.74. The second-order valence-corrected chi connectivity index (χ2v) is 8.90. The number of hydrogen-bond acceptors (Lipinski definition) is 5. The molecule has 2 aromatic carbocycles. The minimum Gasteiger partial charge on any atom is -0.488 e. The first-order valence-corrected chi connectivity index (χ1v) is 11.4. The van der Waals surface area contributed by atoms with E-state index in [1.807, 2.05) is 45.0 Å². The van der Waals surface area contributed by atoms with Crippen LogP contribution in [0.25, 0.3) is 0 Å². The van der Waals surface area contributed by atoms with E-state index in [-0.39, 0.29) is 12.3 Å². The van der Waals surface area contributed by atoms with E-state index in [4.69, 9.17) is 32.5 Å². The monoisotopic (exact) mass is 498 g/mol. The molecule has 34 heavy (non-hydrogen) atoms. The van der Waals surface area contributed by atoms with E-state index in [0.717, 1.165) is 28.1 Å². The number of nitrogens with one attached hydrogen (secondary N) is 1. The topological polar surface area (TPSA) is 82.2 Å². The Bertz CT molecular complexity index is 1360. The van der Waals surface area contributed by atoms with Crippen molar-refractivity contribution in [1.82, 2.24) is 14.9 Å². The third-order valence-corrected chi connectivity index (χ3v) is 6.40. The highest BCUT2D eigenvalue weighted by molar-refractivity contribution is 6.42. The first-order valence-electron chi connectivity index (χ1n) is 10.7. The quantitative estimate of drug-likeness (QED) is 0.323. The van der Waals surface area contributed by atoms with Crippen molar-refractivity contribution in [2.75, 3.05) is 5.32 Å². The van der Waals surface area contributed by atoms with Crippen LogP contribution < -0.4 is 10.1 Å². The Morgan fingerprint density at radius 1 is 1.09 bits per heavy atom. The second kappa shape index (κ2) is 9.91. The van der Waals surface area contributed by atoms with Crippen molar-refractivity contribution >= 4 is 34.9 Å². The van der Waals surface area contributed by atoms with Gasteiger partial charge >= 0.3 is 0 Å². The summed E-state index contributed by atoms with van der Waals surface area (Å²) in [6.07, 6.45) is 0. The molecule has 4 aromatic rings. The van der Waals surface area contributed by atoms with Gasteiger partial charge in [-0.05, 0) is 62.6 Å². The molecule has 0 atom stereocenters. The lowest BCUT2D eigenvalue weighted by atomic mass is 10.1. The average molecular weight is 499 g/mol. The highest BCUT2D eigenvalue weighted by atomic mass is 35.5. The molecule has 0 saturated heterocycles. The number of carbonyl (C=O) groups excluding carboxylic acids is 1. The van der Waals surface area contributed by atoms with Crippen LogP contribution in [0.5, 0.6) is 5.75 Å². The number of nitrogens with zero attached hydrogens (tertiary/aromatic N) is 3. The fourth-order valence-corrected chi connectivity index (χ4v) is 3.81. The number of aryl methyl sites for hydroxylation is 3. The van der Waals surface area contributed by atoms with Crippen LogP contribution in [0, 0.1) is 27.7 Å². The van der Waals surface area contributed by atoms with Gasteiger partial charge in [0.1, 0.15) is 18.1 Å². The Morgan fingerprint density at radius 3 is 2.65 bits per heavy atom. The van der Waals surface area contributed by atoms with E-state index in [1.165, 1.54) is 0 Å². The molecule has 0 spiro atoms. The van der Waals surface area contributed by atoms with E-state index in [2.05, 4.69) is 15.6 Å². The third-order valence-electron chi connectivity index (χ3n) is 5.67. The summed E-state index contributed by atoms with van der Waals surface area (Å²) in [5.74, 6) is 1.26. The Labute approximate surface area is 207 Å². The lowest BCUT2D eigenvalue weighted by molar-refractivity contribution is 0.101. The van der Waals surface area contributed by atoms with Crippen molar-refractivity contribution in [3.8, 4) is 5.75 Å². The molecule has 0 radical (unpaired) electrons. The molecule has 0 aliphatic heterocycles. The maximum Gasteiger partial charge on any atom is 0.279 e. The van der Waals surface area contributed by atoms with Crippen molar-refractivity contribution in [2.24, 2.45) is 0 Å². The molecule has 0 bridgehead atoms. The van der Waals surface area contributed by atoms with Crippen molar-refractivity contribution in [1.29, 1.82) is 0 Å². The molecular formula is C25H24Cl2N4O3. The molecule has 0 aliphatic carbocycles. The maximum atomic E-state index is 13.0. The Hall–Kier alpha value is -3.29. The Balaban J connectivity index is 1.47. The van der Waals surface area contributed by atoms with Crippen LogP contribution in [0.4, 0.5) is 5.82 Å². The van der Waals surface area contributed by atoms with Crippen LogP contribution in [0.2, 0.25) is 10.0 Å².